The van der Waals surface area contributed by atoms with E-state index in [2.05, 4.69) is 11.9 Å². The summed E-state index contributed by atoms with van der Waals surface area (Å²) in [6.07, 6.45) is 0.589. The molecule has 1 aromatic carbocycles. The number of benzene rings is 1. The number of amides is 1. The van der Waals surface area contributed by atoms with Gasteiger partial charge in [-0.05, 0) is 25.1 Å². The maximum Gasteiger partial charge on any atom is 0.226 e. The molecule has 1 amide bonds. The Labute approximate surface area is 121 Å². The quantitative estimate of drug-likeness (QED) is 0.831. The summed E-state index contributed by atoms with van der Waals surface area (Å²) in [6, 6.07) is 8.04. The lowest BCUT2D eigenvalue weighted by Crippen LogP contribution is -2.46. The minimum Gasteiger partial charge on any atom is -0.374 e. The van der Waals surface area contributed by atoms with Crippen molar-refractivity contribution in [2.75, 3.05) is 40.3 Å². The molecule has 1 aliphatic heterocycles. The molecule has 4 heteroatoms. The molecule has 1 aromatic rings. The maximum absolute atomic E-state index is 12.3. The molecule has 1 unspecified atom stereocenters. The molecule has 0 saturated carbocycles. The van der Waals surface area contributed by atoms with E-state index in [1.54, 1.807) is 4.90 Å². The highest BCUT2D eigenvalue weighted by Crippen LogP contribution is 2.10. The van der Waals surface area contributed by atoms with Crippen LogP contribution in [0.3, 0.4) is 0 Å². The van der Waals surface area contributed by atoms with Crippen LogP contribution in [0.5, 0.6) is 0 Å². The third-order valence-corrected chi connectivity index (χ3v) is 3.85. The molecule has 0 N–H and O–H groups in total. The van der Waals surface area contributed by atoms with Gasteiger partial charge in [-0.15, -0.1) is 0 Å². The second-order valence-electron chi connectivity index (χ2n) is 5.63. The normalized spacial score (nSPS) is 19.9. The minimum absolute atomic E-state index is 0.125. The standard InChI is InChI=1S/C16H24N2O2/c1-13-6-4-5-7-14(13)10-16(19)18(3)12-15-11-17(2)8-9-20-15/h4-7,15H,8-12H2,1-3H3. The van der Waals surface area contributed by atoms with Gasteiger partial charge in [-0.2, -0.15) is 0 Å². The lowest BCUT2D eigenvalue weighted by molar-refractivity contribution is -0.132. The van der Waals surface area contributed by atoms with Crippen LogP contribution in [-0.4, -0.2) is 62.1 Å². The average Bonchev–Trinajstić information content (AvgIpc) is 2.41. The molecule has 1 aliphatic rings. The molecular weight excluding hydrogens is 252 g/mol. The van der Waals surface area contributed by atoms with E-state index >= 15 is 0 Å². The lowest BCUT2D eigenvalue weighted by Gasteiger charge is -2.32. The molecule has 1 atom stereocenters. The zero-order valence-electron chi connectivity index (χ0n) is 12.6. The summed E-state index contributed by atoms with van der Waals surface area (Å²) in [5.74, 6) is 0.149. The predicted octanol–water partition coefficient (Wildman–Crippen LogP) is 1.33. The molecule has 0 bridgehead atoms. The Balaban J connectivity index is 1.87. The van der Waals surface area contributed by atoms with Crippen molar-refractivity contribution in [1.29, 1.82) is 0 Å². The molecule has 0 spiro atoms. The van der Waals surface area contributed by atoms with Crippen LogP contribution in [0.15, 0.2) is 24.3 Å². The fraction of sp³-hybridized carbons (Fsp3) is 0.562. The van der Waals surface area contributed by atoms with Crippen LogP contribution in [0, 0.1) is 6.92 Å². The van der Waals surface area contributed by atoms with E-state index < -0.39 is 0 Å². The van der Waals surface area contributed by atoms with E-state index in [-0.39, 0.29) is 12.0 Å². The highest BCUT2D eigenvalue weighted by atomic mass is 16.5. The number of aryl methyl sites for hydroxylation is 1. The number of ether oxygens (including phenoxy) is 1. The van der Waals surface area contributed by atoms with Gasteiger partial charge < -0.3 is 14.5 Å². The number of carbonyl (C=O) groups is 1. The molecule has 0 aromatic heterocycles. The molecule has 2 rings (SSSR count). The largest absolute Gasteiger partial charge is 0.374 e. The zero-order valence-corrected chi connectivity index (χ0v) is 12.6. The van der Waals surface area contributed by atoms with Gasteiger partial charge in [0.05, 0.1) is 19.1 Å². The van der Waals surface area contributed by atoms with E-state index in [4.69, 9.17) is 4.74 Å². The Bertz CT molecular complexity index is 462. The number of morpholine rings is 1. The summed E-state index contributed by atoms with van der Waals surface area (Å²) < 4.78 is 5.71. The van der Waals surface area contributed by atoms with Gasteiger partial charge in [0.1, 0.15) is 0 Å². The van der Waals surface area contributed by atoms with E-state index in [1.807, 2.05) is 38.2 Å². The van der Waals surface area contributed by atoms with Gasteiger partial charge in [0.15, 0.2) is 0 Å². The van der Waals surface area contributed by atoms with Crippen molar-refractivity contribution in [3.8, 4) is 0 Å². The topological polar surface area (TPSA) is 32.8 Å². The third-order valence-electron chi connectivity index (χ3n) is 3.85. The number of hydrogen-bond acceptors (Lipinski definition) is 3. The fourth-order valence-electron chi connectivity index (χ4n) is 2.49. The van der Waals surface area contributed by atoms with Gasteiger partial charge in [0.25, 0.3) is 0 Å². The Morgan fingerprint density at radius 1 is 1.45 bits per heavy atom. The van der Waals surface area contributed by atoms with Crippen molar-refractivity contribution in [3.63, 3.8) is 0 Å². The van der Waals surface area contributed by atoms with Crippen LogP contribution in [0.2, 0.25) is 0 Å². The first-order valence-electron chi connectivity index (χ1n) is 7.15. The van der Waals surface area contributed by atoms with Crippen LogP contribution >= 0.6 is 0 Å². The van der Waals surface area contributed by atoms with Gasteiger partial charge in [0, 0.05) is 26.7 Å². The number of nitrogens with zero attached hydrogens (tertiary/aromatic N) is 2. The first-order valence-corrected chi connectivity index (χ1v) is 7.15. The first-order chi connectivity index (χ1) is 9.56. The molecular formula is C16H24N2O2. The van der Waals surface area contributed by atoms with Crippen molar-refractivity contribution >= 4 is 5.91 Å². The van der Waals surface area contributed by atoms with Crippen LogP contribution in [0.25, 0.3) is 0 Å². The number of hydrogen-bond donors (Lipinski definition) is 0. The Kier molecular flexibility index (Phi) is 5.15. The fourth-order valence-corrected chi connectivity index (χ4v) is 2.49. The van der Waals surface area contributed by atoms with Gasteiger partial charge in [0.2, 0.25) is 5.91 Å². The lowest BCUT2D eigenvalue weighted by atomic mass is 10.1. The Morgan fingerprint density at radius 3 is 2.90 bits per heavy atom. The summed E-state index contributed by atoms with van der Waals surface area (Å²) in [5, 5.41) is 0. The zero-order chi connectivity index (χ0) is 14.5. The minimum atomic E-state index is 0.125. The van der Waals surface area contributed by atoms with Crippen LogP contribution < -0.4 is 0 Å². The van der Waals surface area contributed by atoms with Crippen LogP contribution in [0.1, 0.15) is 11.1 Å². The predicted molar refractivity (Wildman–Crippen MR) is 79.8 cm³/mol. The molecule has 1 saturated heterocycles. The van der Waals surface area contributed by atoms with Crippen LogP contribution in [-0.2, 0) is 16.0 Å². The summed E-state index contributed by atoms with van der Waals surface area (Å²) in [5.41, 5.74) is 2.27. The Hall–Kier alpha value is -1.39. The van der Waals surface area contributed by atoms with E-state index in [0.717, 1.165) is 25.3 Å². The number of carbonyl (C=O) groups excluding carboxylic acids is 1. The van der Waals surface area contributed by atoms with Gasteiger partial charge in [-0.1, -0.05) is 24.3 Å². The van der Waals surface area contributed by atoms with E-state index in [0.29, 0.717) is 13.0 Å². The van der Waals surface area contributed by atoms with Crippen LogP contribution in [0.4, 0.5) is 0 Å². The SMILES string of the molecule is Cc1ccccc1CC(=O)N(C)CC1CN(C)CCO1. The molecule has 0 radical (unpaired) electrons. The summed E-state index contributed by atoms with van der Waals surface area (Å²) in [4.78, 5) is 16.3. The monoisotopic (exact) mass is 276 g/mol. The van der Waals surface area contributed by atoms with Gasteiger partial charge >= 0.3 is 0 Å². The smallest absolute Gasteiger partial charge is 0.226 e. The van der Waals surface area contributed by atoms with E-state index in [1.165, 1.54) is 5.56 Å². The summed E-state index contributed by atoms with van der Waals surface area (Å²) in [7, 11) is 3.95. The van der Waals surface area contributed by atoms with E-state index in [9.17, 15) is 4.79 Å². The number of rotatable bonds is 4. The van der Waals surface area contributed by atoms with Gasteiger partial charge in [-0.25, -0.2) is 0 Å². The molecule has 1 fully saturated rings. The van der Waals surface area contributed by atoms with Crippen molar-refractivity contribution < 1.29 is 9.53 Å². The molecule has 20 heavy (non-hydrogen) atoms. The molecule has 4 nitrogen and oxygen atoms in total. The Morgan fingerprint density at radius 2 is 2.20 bits per heavy atom. The average molecular weight is 276 g/mol. The highest BCUT2D eigenvalue weighted by molar-refractivity contribution is 5.78. The first kappa shape index (κ1) is 15.0. The second kappa shape index (κ2) is 6.86. The molecule has 110 valence electrons. The molecule has 1 heterocycles. The number of likely N-dealkylation sites (N-methyl/N-ethyl adjacent to an activating group) is 2. The maximum atomic E-state index is 12.3. The summed E-state index contributed by atoms with van der Waals surface area (Å²) >= 11 is 0. The van der Waals surface area contributed by atoms with Crippen molar-refractivity contribution in [3.05, 3.63) is 35.4 Å². The van der Waals surface area contributed by atoms with Crippen molar-refractivity contribution in [2.24, 2.45) is 0 Å². The van der Waals surface area contributed by atoms with Crippen molar-refractivity contribution in [1.82, 2.24) is 9.80 Å². The van der Waals surface area contributed by atoms with Gasteiger partial charge in [-0.3, -0.25) is 4.79 Å². The third kappa shape index (κ3) is 4.05. The van der Waals surface area contributed by atoms with Crippen molar-refractivity contribution in [2.45, 2.75) is 19.4 Å². The summed E-state index contributed by atoms with van der Waals surface area (Å²) in [6.45, 7) is 5.32. The highest BCUT2D eigenvalue weighted by Gasteiger charge is 2.21. The second-order valence-corrected chi connectivity index (χ2v) is 5.63. The molecule has 0 aliphatic carbocycles.